The molecule has 3 atom stereocenters. The molecule has 0 bridgehead atoms. The Bertz CT molecular complexity index is 1500. The average Bonchev–Trinajstić information content (AvgIpc) is 3.55. The van der Waals surface area contributed by atoms with Gasteiger partial charge in [0.25, 0.3) is 5.91 Å². The number of hydrogen-bond acceptors (Lipinski definition) is 7. The van der Waals surface area contributed by atoms with Gasteiger partial charge < -0.3 is 21.1 Å². The smallest absolute Gasteiger partial charge is 0.255 e. The molecule has 260 valence electrons. The van der Waals surface area contributed by atoms with E-state index in [0.717, 1.165) is 35.7 Å². The number of hydrogen-bond donors (Lipinski definition) is 5. The molecule has 5 N–H and O–H groups in total. The maximum Gasteiger partial charge on any atom is 0.255 e. The topological polar surface area (TPSA) is 153 Å². The monoisotopic (exact) mass is 697 g/mol. The first kappa shape index (κ1) is 39.8. The van der Waals surface area contributed by atoms with E-state index in [1.807, 2.05) is 45.0 Å². The molecule has 14 heteroatoms. The fraction of sp³-hybridized carbons (Fsp3) is 0.485. The highest BCUT2D eigenvalue weighted by Gasteiger charge is 2.34. The molecule has 0 radical (unpaired) electrons. The molecule has 0 fully saturated rings. The van der Waals surface area contributed by atoms with E-state index in [1.54, 1.807) is 0 Å². The third-order valence-electron chi connectivity index (χ3n) is 7.76. The van der Waals surface area contributed by atoms with Gasteiger partial charge in [0.1, 0.15) is 17.7 Å². The predicted molar refractivity (Wildman–Crippen MR) is 180 cm³/mol. The minimum Gasteiger partial charge on any atom is -0.390 e. The minimum atomic E-state index is -3.86. The molecule has 1 aromatic heterocycles. The van der Waals surface area contributed by atoms with Crippen LogP contribution in [0.25, 0.3) is 0 Å². The minimum absolute atomic E-state index is 0. The van der Waals surface area contributed by atoms with Crippen LogP contribution in [0, 0.1) is 11.6 Å². The molecule has 1 unspecified atom stereocenters. The van der Waals surface area contributed by atoms with E-state index in [4.69, 9.17) is 0 Å². The maximum absolute atomic E-state index is 14.1. The Kier molecular flexibility index (Phi) is 16.5. The van der Waals surface area contributed by atoms with Gasteiger partial charge in [0.15, 0.2) is 9.84 Å². The van der Waals surface area contributed by atoms with E-state index < -0.39 is 62.5 Å². The molecule has 3 rings (SSSR count). The Hall–Kier alpha value is -3.39. The van der Waals surface area contributed by atoms with Crippen LogP contribution in [0.4, 0.5) is 8.78 Å². The third-order valence-corrected chi connectivity index (χ3v) is 10.0. The summed E-state index contributed by atoms with van der Waals surface area (Å²) < 4.78 is 55.1. The van der Waals surface area contributed by atoms with Crippen LogP contribution in [0.3, 0.4) is 0 Å². The highest BCUT2D eigenvalue weighted by atomic mass is 35.5. The highest BCUT2D eigenvalue weighted by molar-refractivity contribution is 7.92. The summed E-state index contributed by atoms with van der Waals surface area (Å²) in [4.78, 5) is 26.7. The molecule has 0 aliphatic rings. The summed E-state index contributed by atoms with van der Waals surface area (Å²) in [5.41, 5.74) is 2.41. The zero-order chi connectivity index (χ0) is 33.7. The van der Waals surface area contributed by atoms with Crippen molar-refractivity contribution in [3.05, 3.63) is 88.7 Å². The van der Waals surface area contributed by atoms with E-state index in [-0.39, 0.29) is 36.5 Å². The van der Waals surface area contributed by atoms with Crippen molar-refractivity contribution in [3.63, 3.8) is 0 Å². The van der Waals surface area contributed by atoms with Crippen molar-refractivity contribution in [3.8, 4) is 0 Å². The summed E-state index contributed by atoms with van der Waals surface area (Å²) in [6.07, 6.45) is 4.04. The number of H-pyrrole nitrogens is 1. The van der Waals surface area contributed by atoms with Gasteiger partial charge in [0, 0.05) is 25.4 Å². The Balaban J connectivity index is 0.00000768. The van der Waals surface area contributed by atoms with Gasteiger partial charge in [-0.05, 0) is 54.5 Å². The molecular weight excluding hydrogens is 652 g/mol. The Morgan fingerprint density at radius 1 is 0.957 bits per heavy atom. The number of halogens is 3. The number of sulfone groups is 1. The van der Waals surface area contributed by atoms with Crippen molar-refractivity contribution < 1.29 is 31.9 Å². The van der Waals surface area contributed by atoms with Gasteiger partial charge in [0.05, 0.1) is 34.9 Å². The average molecular weight is 698 g/mol. The number of aliphatic hydroxyl groups is 1. The number of carbonyl (C=O) groups excluding carboxylic acids is 2. The molecule has 3 aromatic rings. The van der Waals surface area contributed by atoms with Gasteiger partial charge in [-0.3, -0.25) is 14.7 Å². The van der Waals surface area contributed by atoms with Crippen LogP contribution in [0.1, 0.15) is 73.5 Å². The van der Waals surface area contributed by atoms with Gasteiger partial charge in [0.2, 0.25) is 5.91 Å². The molecular formula is C33H46ClF2N5O5S. The lowest BCUT2D eigenvalue weighted by Crippen LogP contribution is -2.57. The lowest BCUT2D eigenvalue weighted by molar-refractivity contribution is -0.124. The summed E-state index contributed by atoms with van der Waals surface area (Å²) in [6, 6.07) is 8.21. The molecule has 0 aliphatic carbocycles. The number of amides is 2. The normalized spacial score (nSPS) is 13.4. The first-order chi connectivity index (χ1) is 21.9. The SMILES string of the molecule is CCCC(CCC)S(=O)(=O)CC(NC(=O)c1cn[nH]c1)C(=O)N[C@@H](Cc1cc(F)cc(F)c1)[C@H](O)CNCc1cccc(CC)c1.Cl. The van der Waals surface area contributed by atoms with Gasteiger partial charge in [-0.15, -0.1) is 12.4 Å². The fourth-order valence-electron chi connectivity index (χ4n) is 5.33. The molecule has 10 nitrogen and oxygen atoms in total. The van der Waals surface area contributed by atoms with Crippen LogP contribution in [-0.4, -0.2) is 71.3 Å². The Morgan fingerprint density at radius 3 is 2.21 bits per heavy atom. The molecule has 0 saturated carbocycles. The van der Waals surface area contributed by atoms with E-state index in [9.17, 15) is 31.9 Å². The van der Waals surface area contributed by atoms with Crippen LogP contribution in [0.5, 0.6) is 0 Å². The zero-order valence-corrected chi connectivity index (χ0v) is 28.6. The predicted octanol–water partition coefficient (Wildman–Crippen LogP) is 4.03. The number of nitrogens with zero attached hydrogens (tertiary/aromatic N) is 1. The third kappa shape index (κ3) is 12.6. The van der Waals surface area contributed by atoms with Gasteiger partial charge in [-0.25, -0.2) is 17.2 Å². The molecule has 0 aliphatic heterocycles. The van der Waals surface area contributed by atoms with E-state index in [1.165, 1.54) is 12.4 Å². The lowest BCUT2D eigenvalue weighted by Gasteiger charge is -2.28. The number of rotatable bonds is 19. The summed E-state index contributed by atoms with van der Waals surface area (Å²) in [7, 11) is -3.86. The van der Waals surface area contributed by atoms with Crippen molar-refractivity contribution >= 4 is 34.1 Å². The molecule has 2 amide bonds. The van der Waals surface area contributed by atoms with Crippen LogP contribution >= 0.6 is 12.4 Å². The van der Waals surface area contributed by atoms with Gasteiger partial charge in [-0.1, -0.05) is 57.9 Å². The molecule has 0 saturated heterocycles. The number of benzene rings is 2. The summed E-state index contributed by atoms with van der Waals surface area (Å²) in [5, 5.41) is 25.1. The number of nitrogens with one attached hydrogen (secondary N) is 4. The number of carbonyl (C=O) groups is 2. The van der Waals surface area contributed by atoms with Gasteiger partial charge >= 0.3 is 0 Å². The maximum atomic E-state index is 14.1. The van der Waals surface area contributed by atoms with E-state index in [2.05, 4.69) is 26.1 Å². The van der Waals surface area contributed by atoms with Crippen molar-refractivity contribution in [1.29, 1.82) is 0 Å². The summed E-state index contributed by atoms with van der Waals surface area (Å²) >= 11 is 0. The second-order valence-corrected chi connectivity index (χ2v) is 13.8. The Morgan fingerprint density at radius 2 is 1.62 bits per heavy atom. The Labute approximate surface area is 281 Å². The molecule has 2 aromatic carbocycles. The summed E-state index contributed by atoms with van der Waals surface area (Å²) in [6.45, 7) is 6.21. The van der Waals surface area contributed by atoms with Crippen molar-refractivity contribution in [2.45, 2.75) is 89.3 Å². The van der Waals surface area contributed by atoms with E-state index >= 15 is 0 Å². The molecule has 1 heterocycles. The lowest BCUT2D eigenvalue weighted by atomic mass is 10.00. The van der Waals surface area contributed by atoms with Crippen molar-refractivity contribution in [1.82, 2.24) is 26.1 Å². The quantitative estimate of drug-likeness (QED) is 0.127. The highest BCUT2D eigenvalue weighted by Crippen LogP contribution is 2.18. The first-order valence-electron chi connectivity index (χ1n) is 15.7. The second kappa shape index (κ2) is 19.4. The van der Waals surface area contributed by atoms with Crippen LogP contribution in [-0.2, 0) is 34.0 Å². The zero-order valence-electron chi connectivity index (χ0n) is 27.0. The number of aromatic amines is 1. The number of aromatic nitrogens is 2. The van der Waals surface area contributed by atoms with Crippen LogP contribution < -0.4 is 16.0 Å². The van der Waals surface area contributed by atoms with E-state index in [0.29, 0.717) is 32.2 Å². The summed E-state index contributed by atoms with van der Waals surface area (Å²) in [5.74, 6) is -3.89. The first-order valence-corrected chi connectivity index (χ1v) is 17.4. The van der Waals surface area contributed by atoms with Crippen LogP contribution in [0.15, 0.2) is 54.9 Å². The standard InChI is InChI=1S/C33H45F2N5O5S.ClH/c1-4-8-28(9-5-2)46(44,45)21-30(40-32(42)25-18-37-38-19-25)33(43)39-29(15-24-13-26(34)16-27(35)14-24)31(41)20-36-17-23-11-7-10-22(6-3)12-23;/h7,10-14,16,18-19,28-31,36,41H,4-6,8-9,15,17,20-21H2,1-3H3,(H,37,38)(H,39,43)(H,40,42);1H/t29-,30?,31+;/m0./s1. The largest absolute Gasteiger partial charge is 0.390 e. The second-order valence-electron chi connectivity index (χ2n) is 11.5. The van der Waals surface area contributed by atoms with Crippen molar-refractivity contribution in [2.24, 2.45) is 0 Å². The fourth-order valence-corrected chi connectivity index (χ4v) is 7.49. The number of aliphatic hydroxyl groups excluding tert-OH is 1. The van der Waals surface area contributed by atoms with Crippen LogP contribution in [0.2, 0.25) is 0 Å². The molecule has 47 heavy (non-hydrogen) atoms. The molecule has 0 spiro atoms. The number of aryl methyl sites for hydroxylation is 1. The van der Waals surface area contributed by atoms with Gasteiger partial charge in [-0.2, -0.15) is 5.10 Å². The van der Waals surface area contributed by atoms with Crippen molar-refractivity contribution in [2.75, 3.05) is 12.3 Å².